The summed E-state index contributed by atoms with van der Waals surface area (Å²) in [4.78, 5) is 0. The Labute approximate surface area is 56.4 Å². The molecule has 0 N–H and O–H groups in total. The molecule has 0 radical (unpaired) electrons. The Kier molecular flexibility index (Phi) is 8.37. The second kappa shape index (κ2) is 7.70. The molecule has 0 aliphatic heterocycles. The predicted molar refractivity (Wildman–Crippen MR) is 39.7 cm³/mol. The summed E-state index contributed by atoms with van der Waals surface area (Å²) in [5.74, 6) is 0.928. The lowest BCUT2D eigenvalue weighted by Crippen LogP contribution is -1.89. The maximum atomic E-state index is 5.00. The molecule has 0 aliphatic carbocycles. The molecule has 0 aromatic heterocycles. The summed E-state index contributed by atoms with van der Waals surface area (Å²) >= 11 is 1.47. The molecule has 0 aromatic carbocycles. The minimum Gasteiger partial charge on any atom is -0.384 e. The maximum absolute atomic E-state index is 5.00. The van der Waals surface area contributed by atoms with Crippen molar-refractivity contribution < 1.29 is 8.71 Å². The monoisotopic (exact) mass is 154 g/mol. The molecular weight excluding hydrogens is 143 g/mol. The summed E-state index contributed by atoms with van der Waals surface area (Å²) in [6.45, 7) is 2.77. The normalized spacial score (nSPS) is 11.2. The van der Waals surface area contributed by atoms with Gasteiger partial charge in [-0.15, -0.1) is 0 Å². The fourth-order valence-corrected chi connectivity index (χ4v) is 1.26. The minimum atomic E-state index is 0.576. The van der Waals surface area contributed by atoms with Crippen LogP contribution in [0.15, 0.2) is 0 Å². The van der Waals surface area contributed by atoms with Crippen LogP contribution in [0.25, 0.3) is 0 Å². The SMILES string of the molecule is COCCSOPC. The molecule has 0 bridgehead atoms. The summed E-state index contributed by atoms with van der Waals surface area (Å²) in [5.41, 5.74) is 0. The summed E-state index contributed by atoms with van der Waals surface area (Å²) in [7, 11) is 2.27. The van der Waals surface area contributed by atoms with Crippen molar-refractivity contribution in [2.75, 3.05) is 26.1 Å². The number of hydrogen-bond donors (Lipinski definition) is 0. The molecule has 0 amide bonds. The van der Waals surface area contributed by atoms with E-state index >= 15 is 0 Å². The van der Waals surface area contributed by atoms with Gasteiger partial charge in [-0.3, -0.25) is 3.97 Å². The van der Waals surface area contributed by atoms with Crippen LogP contribution in [-0.4, -0.2) is 26.1 Å². The summed E-state index contributed by atoms with van der Waals surface area (Å²) in [5, 5.41) is 0. The predicted octanol–water partition coefficient (Wildman–Crippen LogP) is 1.52. The Morgan fingerprint density at radius 2 is 2.38 bits per heavy atom. The number of rotatable bonds is 5. The molecule has 0 fully saturated rings. The molecule has 0 aromatic rings. The Bertz CT molecular complexity index is 39.0. The molecule has 0 rings (SSSR count). The lowest BCUT2D eigenvalue weighted by Gasteiger charge is -1.96. The van der Waals surface area contributed by atoms with Gasteiger partial charge in [-0.1, -0.05) is 0 Å². The summed E-state index contributed by atoms with van der Waals surface area (Å²) < 4.78 is 9.79. The van der Waals surface area contributed by atoms with E-state index in [1.165, 1.54) is 12.0 Å². The van der Waals surface area contributed by atoms with Crippen LogP contribution in [0.5, 0.6) is 0 Å². The second-order valence-electron chi connectivity index (χ2n) is 1.10. The van der Waals surface area contributed by atoms with Gasteiger partial charge in [-0.2, -0.15) is 0 Å². The highest BCUT2D eigenvalue weighted by Gasteiger charge is 1.83. The second-order valence-corrected chi connectivity index (χ2v) is 2.82. The number of methoxy groups -OCH3 is 1. The van der Waals surface area contributed by atoms with Gasteiger partial charge in [0.2, 0.25) is 0 Å². The van der Waals surface area contributed by atoms with Crippen molar-refractivity contribution in [3.05, 3.63) is 0 Å². The lowest BCUT2D eigenvalue weighted by molar-refractivity contribution is 0.218. The highest BCUT2D eigenvalue weighted by Crippen LogP contribution is 2.15. The van der Waals surface area contributed by atoms with Crippen LogP contribution in [0.1, 0.15) is 0 Å². The van der Waals surface area contributed by atoms with Crippen molar-refractivity contribution in [3.63, 3.8) is 0 Å². The van der Waals surface area contributed by atoms with Gasteiger partial charge in [0.1, 0.15) is 0 Å². The maximum Gasteiger partial charge on any atom is 0.0575 e. The molecule has 50 valence electrons. The molecule has 1 atom stereocenters. The third kappa shape index (κ3) is 6.70. The molecule has 0 saturated heterocycles. The van der Waals surface area contributed by atoms with Crippen LogP contribution in [0.4, 0.5) is 0 Å². The molecule has 0 saturated carbocycles. The van der Waals surface area contributed by atoms with Crippen LogP contribution < -0.4 is 0 Å². The molecule has 1 unspecified atom stereocenters. The Hall–Kier alpha value is 0.700. The van der Waals surface area contributed by atoms with Crippen molar-refractivity contribution in [3.8, 4) is 0 Å². The van der Waals surface area contributed by atoms with Gasteiger partial charge in [-0.25, -0.2) is 0 Å². The van der Waals surface area contributed by atoms with Crippen molar-refractivity contribution in [2.45, 2.75) is 0 Å². The van der Waals surface area contributed by atoms with Crippen LogP contribution in [0, 0.1) is 0 Å². The summed E-state index contributed by atoms with van der Waals surface area (Å²) in [6, 6.07) is 0. The Morgan fingerprint density at radius 3 is 2.88 bits per heavy atom. The van der Waals surface area contributed by atoms with E-state index in [1.54, 1.807) is 7.11 Å². The first-order valence-electron chi connectivity index (χ1n) is 2.36. The van der Waals surface area contributed by atoms with Gasteiger partial charge in [0, 0.05) is 21.7 Å². The standard InChI is InChI=1S/C4H11O2PS/c1-5-3-4-8-6-7-2/h7H,3-4H2,1-2H3. The van der Waals surface area contributed by atoms with Gasteiger partial charge in [0.15, 0.2) is 0 Å². The quantitative estimate of drug-likeness (QED) is 0.340. The Balaban J connectivity index is 2.53. The van der Waals surface area contributed by atoms with Gasteiger partial charge in [0.25, 0.3) is 0 Å². The highest BCUT2D eigenvalue weighted by atomic mass is 32.2. The average Bonchev–Trinajstić information content (AvgIpc) is 1.81. The molecule has 0 spiro atoms. The number of ether oxygens (including phenoxy) is 1. The first-order chi connectivity index (χ1) is 3.91. The van der Waals surface area contributed by atoms with Gasteiger partial charge >= 0.3 is 0 Å². The van der Waals surface area contributed by atoms with Gasteiger partial charge in [0.05, 0.1) is 6.61 Å². The lowest BCUT2D eigenvalue weighted by atomic mass is 10.9. The van der Waals surface area contributed by atoms with E-state index < -0.39 is 0 Å². The van der Waals surface area contributed by atoms with Crippen molar-refractivity contribution in [1.29, 1.82) is 0 Å². The fourth-order valence-electron chi connectivity index (χ4n) is 0.218. The summed E-state index contributed by atoms with van der Waals surface area (Å²) in [6.07, 6.45) is 0. The van der Waals surface area contributed by atoms with Crippen molar-refractivity contribution in [2.24, 2.45) is 0 Å². The zero-order chi connectivity index (χ0) is 6.24. The van der Waals surface area contributed by atoms with Crippen LogP contribution in [0.3, 0.4) is 0 Å². The van der Waals surface area contributed by atoms with Crippen LogP contribution in [0.2, 0.25) is 0 Å². The van der Waals surface area contributed by atoms with E-state index in [0.717, 1.165) is 12.4 Å². The zero-order valence-corrected chi connectivity index (χ0v) is 6.96. The van der Waals surface area contributed by atoms with Crippen LogP contribution in [-0.2, 0) is 8.71 Å². The van der Waals surface area contributed by atoms with Crippen molar-refractivity contribution >= 4 is 20.9 Å². The Morgan fingerprint density at radius 1 is 1.62 bits per heavy atom. The van der Waals surface area contributed by atoms with Gasteiger partial charge < -0.3 is 4.74 Å². The molecule has 4 heteroatoms. The molecule has 0 heterocycles. The van der Waals surface area contributed by atoms with E-state index in [4.69, 9.17) is 8.71 Å². The van der Waals surface area contributed by atoms with E-state index in [2.05, 4.69) is 0 Å². The first kappa shape index (κ1) is 8.70. The number of hydrogen-bond acceptors (Lipinski definition) is 3. The fraction of sp³-hybridized carbons (Fsp3) is 1.00. The molecule has 2 nitrogen and oxygen atoms in total. The average molecular weight is 154 g/mol. The third-order valence-corrected chi connectivity index (χ3v) is 1.98. The first-order valence-corrected chi connectivity index (χ1v) is 4.68. The van der Waals surface area contributed by atoms with E-state index in [0.29, 0.717) is 8.81 Å². The van der Waals surface area contributed by atoms with E-state index in [9.17, 15) is 0 Å². The highest BCUT2D eigenvalue weighted by molar-refractivity contribution is 7.97. The molecular formula is C4H11O2PS. The third-order valence-electron chi connectivity index (χ3n) is 0.513. The zero-order valence-electron chi connectivity index (χ0n) is 5.14. The van der Waals surface area contributed by atoms with Crippen LogP contribution >= 0.6 is 20.9 Å². The topological polar surface area (TPSA) is 18.5 Å². The smallest absolute Gasteiger partial charge is 0.0575 e. The molecule has 0 aliphatic rings. The van der Waals surface area contributed by atoms with Crippen molar-refractivity contribution in [1.82, 2.24) is 0 Å². The molecule has 8 heavy (non-hydrogen) atoms. The largest absolute Gasteiger partial charge is 0.384 e. The van der Waals surface area contributed by atoms with E-state index in [1.807, 2.05) is 6.66 Å². The van der Waals surface area contributed by atoms with E-state index in [-0.39, 0.29) is 0 Å². The minimum absolute atomic E-state index is 0.576. The van der Waals surface area contributed by atoms with Gasteiger partial charge in [-0.05, 0) is 18.7 Å².